The molecule has 32 heavy (non-hydrogen) atoms. The number of carbonyl (C=O) groups excluding carboxylic acids is 4. The molecule has 4 rings (SSSR count). The SMILES string of the molecule is CCOC(=O)c1sc2ncnc(NNC(=O)CCN3C(=O)c4ccccc4C3=O)c2c1C. The highest BCUT2D eigenvalue weighted by atomic mass is 32.1. The molecule has 0 saturated carbocycles. The molecule has 0 saturated heterocycles. The van der Waals surface area contributed by atoms with Gasteiger partial charge in [0.05, 0.1) is 23.1 Å². The zero-order chi connectivity index (χ0) is 22.8. The van der Waals surface area contributed by atoms with E-state index in [-0.39, 0.29) is 19.6 Å². The Labute approximate surface area is 186 Å². The van der Waals surface area contributed by atoms with Crippen LogP contribution in [0.5, 0.6) is 0 Å². The molecule has 3 heterocycles. The van der Waals surface area contributed by atoms with Crippen LogP contribution in [-0.2, 0) is 9.53 Å². The van der Waals surface area contributed by atoms with Gasteiger partial charge in [-0.2, -0.15) is 0 Å². The minimum Gasteiger partial charge on any atom is -0.462 e. The maximum atomic E-state index is 12.4. The van der Waals surface area contributed by atoms with Crippen molar-refractivity contribution >= 4 is 51.1 Å². The molecule has 0 fully saturated rings. The van der Waals surface area contributed by atoms with Crippen LogP contribution in [0, 0.1) is 6.92 Å². The number of hydrogen-bond acceptors (Lipinski definition) is 9. The number of anilines is 1. The predicted octanol–water partition coefficient (Wildman–Crippen LogP) is 2.31. The van der Waals surface area contributed by atoms with E-state index in [4.69, 9.17) is 4.74 Å². The third-order valence-corrected chi connectivity index (χ3v) is 6.13. The van der Waals surface area contributed by atoms with E-state index in [0.717, 1.165) is 4.90 Å². The van der Waals surface area contributed by atoms with Crippen molar-refractivity contribution in [1.29, 1.82) is 0 Å². The Morgan fingerprint density at radius 1 is 1.12 bits per heavy atom. The highest BCUT2D eigenvalue weighted by molar-refractivity contribution is 7.20. The Balaban J connectivity index is 1.41. The van der Waals surface area contributed by atoms with Gasteiger partial charge >= 0.3 is 5.97 Å². The van der Waals surface area contributed by atoms with Crippen LogP contribution in [0.1, 0.15) is 49.3 Å². The summed E-state index contributed by atoms with van der Waals surface area (Å²) in [5, 5.41) is 0.598. The second kappa shape index (κ2) is 8.71. The number of amides is 3. The van der Waals surface area contributed by atoms with Gasteiger partial charge in [0, 0.05) is 13.0 Å². The zero-order valence-electron chi connectivity index (χ0n) is 17.3. The number of rotatable bonds is 7. The molecular formula is C21H19N5O5S. The minimum atomic E-state index is -0.441. The largest absolute Gasteiger partial charge is 0.462 e. The first-order valence-corrected chi connectivity index (χ1v) is 10.6. The number of benzene rings is 1. The molecule has 0 unspecified atom stereocenters. The molecule has 0 spiro atoms. The Hall–Kier alpha value is -3.86. The molecule has 0 radical (unpaired) electrons. The summed E-state index contributed by atoms with van der Waals surface area (Å²) in [5.41, 5.74) is 6.58. The molecule has 1 aliphatic rings. The lowest BCUT2D eigenvalue weighted by atomic mass is 10.1. The van der Waals surface area contributed by atoms with Crippen LogP contribution >= 0.6 is 11.3 Å². The van der Waals surface area contributed by atoms with Crippen molar-refractivity contribution in [3.05, 3.63) is 52.2 Å². The van der Waals surface area contributed by atoms with Crippen molar-refractivity contribution in [2.75, 3.05) is 18.6 Å². The van der Waals surface area contributed by atoms with Crippen molar-refractivity contribution < 1.29 is 23.9 Å². The van der Waals surface area contributed by atoms with E-state index < -0.39 is 23.7 Å². The molecular weight excluding hydrogens is 434 g/mol. The number of aryl methyl sites for hydroxylation is 1. The number of carbonyl (C=O) groups is 4. The minimum absolute atomic E-state index is 0.0521. The average Bonchev–Trinajstić information content (AvgIpc) is 3.26. The Bertz CT molecular complexity index is 1220. The number of aromatic nitrogens is 2. The van der Waals surface area contributed by atoms with Crippen molar-refractivity contribution in [3.63, 3.8) is 0 Å². The van der Waals surface area contributed by atoms with E-state index in [9.17, 15) is 19.2 Å². The summed E-state index contributed by atoms with van der Waals surface area (Å²) >= 11 is 1.18. The second-order valence-corrected chi connectivity index (χ2v) is 7.91. The molecule has 1 aliphatic heterocycles. The number of esters is 1. The van der Waals surface area contributed by atoms with Gasteiger partial charge in [-0.25, -0.2) is 14.8 Å². The summed E-state index contributed by atoms with van der Waals surface area (Å²) in [6.07, 6.45) is 1.23. The summed E-state index contributed by atoms with van der Waals surface area (Å²) in [6.45, 7) is 3.69. The van der Waals surface area contributed by atoms with Crippen molar-refractivity contribution in [2.24, 2.45) is 0 Å². The van der Waals surface area contributed by atoms with Crippen LogP contribution in [0.15, 0.2) is 30.6 Å². The fourth-order valence-corrected chi connectivity index (χ4v) is 4.45. The lowest BCUT2D eigenvalue weighted by molar-refractivity contribution is -0.120. The van der Waals surface area contributed by atoms with Crippen LogP contribution in [-0.4, -0.2) is 51.7 Å². The molecule has 164 valence electrons. The molecule has 1 aromatic carbocycles. The predicted molar refractivity (Wildman–Crippen MR) is 116 cm³/mol. The lowest BCUT2D eigenvalue weighted by Crippen LogP contribution is -2.36. The van der Waals surface area contributed by atoms with Crippen molar-refractivity contribution in [1.82, 2.24) is 20.3 Å². The summed E-state index contributed by atoms with van der Waals surface area (Å²) < 4.78 is 5.07. The molecule has 11 heteroatoms. The average molecular weight is 453 g/mol. The Kier molecular flexibility index (Phi) is 5.82. The van der Waals surface area contributed by atoms with E-state index in [1.165, 1.54) is 17.7 Å². The van der Waals surface area contributed by atoms with Crippen LogP contribution in [0.3, 0.4) is 0 Å². The van der Waals surface area contributed by atoms with E-state index in [0.29, 0.717) is 37.6 Å². The normalized spacial score (nSPS) is 12.8. The van der Waals surface area contributed by atoms with Gasteiger partial charge in [-0.3, -0.25) is 30.1 Å². The van der Waals surface area contributed by atoms with Gasteiger partial charge in [-0.15, -0.1) is 11.3 Å². The van der Waals surface area contributed by atoms with Gasteiger partial charge in [0.1, 0.15) is 16.0 Å². The second-order valence-electron chi connectivity index (χ2n) is 6.91. The molecule has 3 amide bonds. The summed E-state index contributed by atoms with van der Waals surface area (Å²) in [6, 6.07) is 6.55. The Morgan fingerprint density at radius 3 is 2.47 bits per heavy atom. The number of nitrogens with zero attached hydrogens (tertiary/aromatic N) is 3. The van der Waals surface area contributed by atoms with Crippen molar-refractivity contribution in [2.45, 2.75) is 20.3 Å². The highest BCUT2D eigenvalue weighted by Crippen LogP contribution is 2.33. The van der Waals surface area contributed by atoms with Gasteiger partial charge in [-0.1, -0.05) is 12.1 Å². The summed E-state index contributed by atoms with van der Waals surface area (Å²) in [5.74, 6) is -1.38. The van der Waals surface area contributed by atoms with Gasteiger partial charge in [0.25, 0.3) is 11.8 Å². The zero-order valence-corrected chi connectivity index (χ0v) is 18.1. The first-order chi connectivity index (χ1) is 15.4. The van der Waals surface area contributed by atoms with Gasteiger partial charge < -0.3 is 4.74 Å². The van der Waals surface area contributed by atoms with E-state index in [1.54, 1.807) is 38.1 Å². The highest BCUT2D eigenvalue weighted by Gasteiger charge is 2.35. The number of ether oxygens (including phenoxy) is 1. The van der Waals surface area contributed by atoms with E-state index >= 15 is 0 Å². The number of thiophene rings is 1. The standard InChI is InChI=1S/C21H19N5O5S/c1-3-31-21(30)16-11(2)15-17(22-10-23-18(15)32-16)25-24-14(27)8-9-26-19(28)12-6-4-5-7-13(12)20(26)29/h4-7,10H,3,8-9H2,1-2H3,(H,24,27)(H,22,23,25). The van der Waals surface area contributed by atoms with Crippen LogP contribution in [0.2, 0.25) is 0 Å². The van der Waals surface area contributed by atoms with Gasteiger partial charge in [0.2, 0.25) is 5.91 Å². The first kappa shape index (κ1) is 21.4. The fourth-order valence-electron chi connectivity index (χ4n) is 3.40. The quantitative estimate of drug-likeness (QED) is 0.317. The van der Waals surface area contributed by atoms with Crippen LogP contribution in [0.4, 0.5) is 5.82 Å². The van der Waals surface area contributed by atoms with Crippen LogP contribution in [0.25, 0.3) is 10.2 Å². The van der Waals surface area contributed by atoms with E-state index in [1.807, 2.05) is 0 Å². The van der Waals surface area contributed by atoms with Gasteiger partial charge in [0.15, 0.2) is 5.82 Å². The number of nitrogens with one attached hydrogen (secondary N) is 2. The number of fused-ring (bicyclic) bond motifs is 2. The van der Waals surface area contributed by atoms with Gasteiger partial charge in [-0.05, 0) is 31.5 Å². The lowest BCUT2D eigenvalue weighted by Gasteiger charge is -2.14. The maximum absolute atomic E-state index is 12.4. The third kappa shape index (κ3) is 3.78. The van der Waals surface area contributed by atoms with Crippen molar-refractivity contribution in [3.8, 4) is 0 Å². The molecule has 0 aliphatic carbocycles. The molecule has 10 nitrogen and oxygen atoms in total. The topological polar surface area (TPSA) is 131 Å². The van der Waals surface area contributed by atoms with E-state index in [2.05, 4.69) is 20.8 Å². The first-order valence-electron chi connectivity index (χ1n) is 9.83. The Morgan fingerprint density at radius 2 is 1.81 bits per heavy atom. The summed E-state index contributed by atoms with van der Waals surface area (Å²) in [4.78, 5) is 59.6. The molecule has 0 atom stereocenters. The number of hydrogen-bond donors (Lipinski definition) is 2. The smallest absolute Gasteiger partial charge is 0.348 e. The fraction of sp³-hybridized carbons (Fsp3) is 0.238. The molecule has 2 N–H and O–H groups in total. The number of imide groups is 1. The third-order valence-electron chi connectivity index (χ3n) is 4.95. The monoisotopic (exact) mass is 453 g/mol. The summed E-state index contributed by atoms with van der Waals surface area (Å²) in [7, 11) is 0. The molecule has 0 bridgehead atoms. The molecule has 2 aromatic heterocycles. The maximum Gasteiger partial charge on any atom is 0.348 e. The number of hydrazine groups is 1. The van der Waals surface area contributed by atoms with Crippen LogP contribution < -0.4 is 10.9 Å². The molecule has 3 aromatic rings.